The lowest BCUT2D eigenvalue weighted by Crippen LogP contribution is -2.36. The minimum atomic E-state index is -0.687. The summed E-state index contributed by atoms with van der Waals surface area (Å²) in [6, 6.07) is 11.5. The molecule has 1 aliphatic rings. The van der Waals surface area contributed by atoms with Gasteiger partial charge in [-0.1, -0.05) is 24.3 Å². The Morgan fingerprint density at radius 3 is 2.53 bits per heavy atom. The van der Waals surface area contributed by atoms with Crippen LogP contribution in [0.1, 0.15) is 37.9 Å². The molecule has 3 rings (SSSR count). The van der Waals surface area contributed by atoms with Crippen LogP contribution in [0, 0.1) is 0 Å². The van der Waals surface area contributed by atoms with Crippen molar-refractivity contribution in [3.8, 4) is 5.75 Å². The molecule has 160 valence electrons. The summed E-state index contributed by atoms with van der Waals surface area (Å²) in [5, 5.41) is 18.5. The molecule has 2 atom stereocenters. The zero-order valence-electron chi connectivity index (χ0n) is 17.5. The van der Waals surface area contributed by atoms with Gasteiger partial charge in [-0.15, -0.1) is 0 Å². The van der Waals surface area contributed by atoms with E-state index < -0.39 is 29.9 Å². The zero-order valence-corrected chi connectivity index (χ0v) is 17.5. The van der Waals surface area contributed by atoms with Gasteiger partial charge < -0.3 is 25.2 Å². The largest absolute Gasteiger partial charge is 0.495 e. The van der Waals surface area contributed by atoms with Crippen molar-refractivity contribution in [2.24, 2.45) is 0 Å². The molecule has 1 aliphatic carbocycles. The number of carbonyl (C=O) groups excluding carboxylic acids is 2. The Morgan fingerprint density at radius 1 is 1.10 bits per heavy atom. The number of methoxy groups -OCH3 is 1. The highest BCUT2D eigenvalue weighted by Crippen LogP contribution is 2.32. The Bertz CT molecular complexity index is 939. The second-order valence-corrected chi connectivity index (χ2v) is 8.09. The Hall–Kier alpha value is -3.26. The number of rotatable bonds is 4. The molecule has 0 aromatic heterocycles. The van der Waals surface area contributed by atoms with Crippen LogP contribution in [0.15, 0.2) is 42.5 Å². The Balaban J connectivity index is 1.69. The van der Waals surface area contributed by atoms with Gasteiger partial charge in [0.15, 0.2) is 0 Å². The van der Waals surface area contributed by atoms with Crippen molar-refractivity contribution in [3.05, 3.63) is 53.6 Å². The quantitative estimate of drug-likeness (QED) is 0.609. The van der Waals surface area contributed by atoms with Gasteiger partial charge in [0.2, 0.25) is 0 Å². The fourth-order valence-corrected chi connectivity index (χ4v) is 3.35. The van der Waals surface area contributed by atoms with Gasteiger partial charge in [0.05, 0.1) is 24.9 Å². The molecule has 0 unspecified atom stereocenters. The summed E-state index contributed by atoms with van der Waals surface area (Å²) >= 11 is 0. The molecule has 0 bridgehead atoms. The number of benzene rings is 2. The second kappa shape index (κ2) is 8.62. The summed E-state index contributed by atoms with van der Waals surface area (Å²) in [6.07, 6.45) is -0.824. The van der Waals surface area contributed by atoms with Crippen LogP contribution >= 0.6 is 0 Å². The van der Waals surface area contributed by atoms with Crippen molar-refractivity contribution in [1.29, 1.82) is 0 Å². The van der Waals surface area contributed by atoms with Crippen LogP contribution in [-0.4, -0.2) is 36.0 Å². The van der Waals surface area contributed by atoms with E-state index in [1.807, 2.05) is 24.3 Å². The fourth-order valence-electron chi connectivity index (χ4n) is 3.35. The molecule has 30 heavy (non-hydrogen) atoms. The lowest BCUT2D eigenvalue weighted by atomic mass is 10.1. The SMILES string of the molecule is COc1ccc(NC(=O)N[C@@H]2c3ccccc3C[C@@H]2O)cc1NC(=O)OC(C)(C)C. The number of hydrogen-bond donors (Lipinski definition) is 4. The molecule has 0 aliphatic heterocycles. The minimum Gasteiger partial charge on any atom is -0.495 e. The molecule has 0 saturated carbocycles. The molecule has 2 aromatic carbocycles. The third kappa shape index (κ3) is 5.21. The first kappa shape index (κ1) is 21.4. The molecular formula is C22H27N3O5. The van der Waals surface area contributed by atoms with Gasteiger partial charge in [0.25, 0.3) is 0 Å². The summed E-state index contributed by atoms with van der Waals surface area (Å²) in [5.74, 6) is 0.423. The van der Waals surface area contributed by atoms with Gasteiger partial charge in [0.1, 0.15) is 11.4 Å². The molecule has 0 spiro atoms. The summed E-state index contributed by atoms with van der Waals surface area (Å²) < 4.78 is 10.5. The number of ether oxygens (including phenoxy) is 2. The summed E-state index contributed by atoms with van der Waals surface area (Å²) in [7, 11) is 1.48. The van der Waals surface area contributed by atoms with Gasteiger partial charge in [-0.2, -0.15) is 0 Å². The van der Waals surface area contributed by atoms with E-state index in [1.54, 1.807) is 39.0 Å². The molecule has 8 nitrogen and oxygen atoms in total. The van der Waals surface area contributed by atoms with Crippen LogP contribution in [0.3, 0.4) is 0 Å². The number of carbonyl (C=O) groups is 2. The maximum absolute atomic E-state index is 12.5. The number of aliphatic hydroxyl groups excluding tert-OH is 1. The Morgan fingerprint density at radius 2 is 1.83 bits per heavy atom. The zero-order chi connectivity index (χ0) is 21.9. The van der Waals surface area contributed by atoms with E-state index in [-0.39, 0.29) is 0 Å². The molecule has 2 aromatic rings. The van der Waals surface area contributed by atoms with Gasteiger partial charge >= 0.3 is 12.1 Å². The highest BCUT2D eigenvalue weighted by molar-refractivity contribution is 5.93. The lowest BCUT2D eigenvalue weighted by Gasteiger charge is -2.21. The monoisotopic (exact) mass is 413 g/mol. The fraction of sp³-hybridized carbons (Fsp3) is 0.364. The standard InChI is InChI=1S/C22H27N3O5/c1-22(2,3)30-21(28)24-16-12-14(9-10-18(16)29-4)23-20(27)25-19-15-8-6-5-7-13(15)11-17(19)26/h5-10,12,17,19,26H,11H2,1-4H3,(H,24,28)(H2,23,25,27)/t17-,19+/m0/s1. The van der Waals surface area contributed by atoms with Crippen LogP contribution in [0.2, 0.25) is 0 Å². The van der Waals surface area contributed by atoms with Crippen LogP contribution in [-0.2, 0) is 11.2 Å². The Kier molecular flexibility index (Phi) is 6.17. The summed E-state index contributed by atoms with van der Waals surface area (Å²) in [5.41, 5.74) is 2.08. The van der Waals surface area contributed by atoms with Gasteiger partial charge in [-0.05, 0) is 50.1 Å². The molecule has 0 radical (unpaired) electrons. The smallest absolute Gasteiger partial charge is 0.412 e. The maximum atomic E-state index is 12.5. The first-order chi connectivity index (χ1) is 14.2. The number of nitrogens with one attached hydrogen (secondary N) is 3. The molecule has 8 heteroatoms. The third-order valence-electron chi connectivity index (χ3n) is 4.58. The van der Waals surface area contributed by atoms with Crippen LogP contribution < -0.4 is 20.7 Å². The van der Waals surface area contributed by atoms with Gasteiger partial charge in [-0.3, -0.25) is 5.32 Å². The predicted octanol–water partition coefficient (Wildman–Crippen LogP) is 3.82. The van der Waals surface area contributed by atoms with E-state index >= 15 is 0 Å². The topological polar surface area (TPSA) is 109 Å². The molecule has 0 fully saturated rings. The van der Waals surface area contributed by atoms with Crippen molar-refractivity contribution < 1.29 is 24.2 Å². The van der Waals surface area contributed by atoms with Crippen molar-refractivity contribution in [3.63, 3.8) is 0 Å². The second-order valence-electron chi connectivity index (χ2n) is 8.09. The molecule has 0 heterocycles. The summed E-state index contributed by atoms with van der Waals surface area (Å²) in [6.45, 7) is 5.30. The molecule has 4 N–H and O–H groups in total. The van der Waals surface area contributed by atoms with Crippen LogP contribution in [0.5, 0.6) is 5.75 Å². The normalized spacial score (nSPS) is 17.6. The average Bonchev–Trinajstić information content (AvgIpc) is 2.96. The first-order valence-electron chi connectivity index (χ1n) is 9.67. The average molecular weight is 413 g/mol. The summed E-state index contributed by atoms with van der Waals surface area (Å²) in [4.78, 5) is 24.6. The van der Waals surface area contributed by atoms with Crippen molar-refractivity contribution >= 4 is 23.5 Å². The number of urea groups is 1. The first-order valence-corrected chi connectivity index (χ1v) is 9.67. The van der Waals surface area contributed by atoms with Gasteiger partial charge in [0, 0.05) is 12.1 Å². The van der Waals surface area contributed by atoms with Crippen LogP contribution in [0.4, 0.5) is 21.0 Å². The van der Waals surface area contributed by atoms with Crippen LogP contribution in [0.25, 0.3) is 0 Å². The van der Waals surface area contributed by atoms with E-state index in [0.717, 1.165) is 11.1 Å². The lowest BCUT2D eigenvalue weighted by molar-refractivity contribution is 0.0635. The highest BCUT2D eigenvalue weighted by atomic mass is 16.6. The number of anilines is 2. The molecular weight excluding hydrogens is 386 g/mol. The van der Waals surface area contributed by atoms with Crippen molar-refractivity contribution in [2.75, 3.05) is 17.7 Å². The predicted molar refractivity (Wildman–Crippen MR) is 114 cm³/mol. The Labute approximate surface area is 175 Å². The van der Waals surface area contributed by atoms with E-state index in [2.05, 4.69) is 16.0 Å². The van der Waals surface area contributed by atoms with Crippen molar-refractivity contribution in [2.45, 2.75) is 44.9 Å². The molecule has 0 saturated heterocycles. The number of fused-ring (bicyclic) bond motifs is 1. The highest BCUT2D eigenvalue weighted by Gasteiger charge is 2.31. The molecule has 3 amide bonds. The van der Waals surface area contributed by atoms with Gasteiger partial charge in [-0.25, -0.2) is 9.59 Å². The van der Waals surface area contributed by atoms with E-state index in [0.29, 0.717) is 23.5 Å². The maximum Gasteiger partial charge on any atom is 0.412 e. The number of hydrogen-bond acceptors (Lipinski definition) is 5. The van der Waals surface area contributed by atoms with Crippen molar-refractivity contribution in [1.82, 2.24) is 5.32 Å². The number of amides is 3. The van der Waals surface area contributed by atoms with E-state index in [4.69, 9.17) is 9.47 Å². The minimum absolute atomic E-state index is 0.357. The number of aliphatic hydroxyl groups is 1. The van der Waals surface area contributed by atoms with E-state index in [9.17, 15) is 14.7 Å². The van der Waals surface area contributed by atoms with E-state index in [1.165, 1.54) is 7.11 Å². The third-order valence-corrected chi connectivity index (χ3v) is 4.58.